The number of imide groups is 1. The predicted octanol–water partition coefficient (Wildman–Crippen LogP) is 3.70. The minimum Gasteiger partial charge on any atom is -0.376 e. The predicted molar refractivity (Wildman–Crippen MR) is 124 cm³/mol. The first-order valence-electron chi connectivity index (χ1n) is 11.4. The maximum absolute atomic E-state index is 13.4. The van der Waals surface area contributed by atoms with Crippen molar-refractivity contribution in [2.45, 2.75) is 64.0 Å². The molecule has 32 heavy (non-hydrogen) atoms. The van der Waals surface area contributed by atoms with Gasteiger partial charge in [-0.05, 0) is 37.8 Å². The number of nitrogens with one attached hydrogen (secondary N) is 1. The minimum atomic E-state index is -0.907. The Labute approximate surface area is 191 Å². The molecule has 2 saturated heterocycles. The summed E-state index contributed by atoms with van der Waals surface area (Å²) in [6, 6.07) is 7.22. The summed E-state index contributed by atoms with van der Waals surface area (Å²) in [5.74, 6) is -0.632. The summed E-state index contributed by atoms with van der Waals surface area (Å²) in [5.41, 5.74) is -0.0895. The SMILES string of the molecule is CCCC1(CCC)NC(=O)N(CC(=O)N(CC2CCCO2)c2nc3ccccc3s2)C1=O. The number of aromatic nitrogens is 1. The summed E-state index contributed by atoms with van der Waals surface area (Å²) in [5, 5.41) is 3.44. The van der Waals surface area contributed by atoms with Gasteiger partial charge in [-0.3, -0.25) is 19.4 Å². The van der Waals surface area contributed by atoms with E-state index in [9.17, 15) is 14.4 Å². The van der Waals surface area contributed by atoms with Gasteiger partial charge in [0.05, 0.1) is 22.9 Å². The Morgan fingerprint density at radius 3 is 2.69 bits per heavy atom. The van der Waals surface area contributed by atoms with Crippen molar-refractivity contribution in [1.82, 2.24) is 15.2 Å². The number of benzene rings is 1. The average molecular weight is 459 g/mol. The summed E-state index contributed by atoms with van der Waals surface area (Å²) in [6.07, 6.45) is 4.41. The van der Waals surface area contributed by atoms with Crippen LogP contribution in [0.5, 0.6) is 0 Å². The number of thiazole rings is 1. The number of carbonyl (C=O) groups is 3. The van der Waals surface area contributed by atoms with Gasteiger partial charge in [-0.15, -0.1) is 0 Å². The molecule has 1 N–H and O–H groups in total. The maximum Gasteiger partial charge on any atom is 0.325 e. The third kappa shape index (κ3) is 4.36. The van der Waals surface area contributed by atoms with Gasteiger partial charge in [-0.2, -0.15) is 0 Å². The van der Waals surface area contributed by atoms with Gasteiger partial charge in [-0.1, -0.05) is 50.2 Å². The molecule has 3 heterocycles. The van der Waals surface area contributed by atoms with Crippen molar-refractivity contribution in [3.63, 3.8) is 0 Å². The van der Waals surface area contributed by atoms with Crippen LogP contribution in [-0.2, 0) is 14.3 Å². The van der Waals surface area contributed by atoms with Gasteiger partial charge in [0.1, 0.15) is 12.1 Å². The van der Waals surface area contributed by atoms with Crippen LogP contribution in [0, 0.1) is 0 Å². The topological polar surface area (TPSA) is 91.8 Å². The first-order chi connectivity index (χ1) is 15.5. The maximum atomic E-state index is 13.4. The third-order valence-corrected chi connectivity index (χ3v) is 7.18. The number of nitrogens with zero attached hydrogens (tertiary/aromatic N) is 3. The zero-order valence-corrected chi connectivity index (χ0v) is 19.5. The van der Waals surface area contributed by atoms with Gasteiger partial charge in [0.25, 0.3) is 5.91 Å². The lowest BCUT2D eigenvalue weighted by atomic mass is 9.88. The lowest BCUT2D eigenvalue weighted by Crippen LogP contribution is -2.48. The molecule has 0 aliphatic carbocycles. The second-order valence-electron chi connectivity index (χ2n) is 8.51. The second-order valence-corrected chi connectivity index (χ2v) is 9.52. The fourth-order valence-corrected chi connectivity index (χ4v) is 5.60. The van der Waals surface area contributed by atoms with Crippen molar-refractivity contribution in [1.29, 1.82) is 0 Å². The van der Waals surface area contributed by atoms with E-state index in [0.717, 1.165) is 40.8 Å². The van der Waals surface area contributed by atoms with E-state index in [1.54, 1.807) is 4.90 Å². The van der Waals surface area contributed by atoms with Gasteiger partial charge in [0.2, 0.25) is 5.91 Å². The van der Waals surface area contributed by atoms with Crippen molar-refractivity contribution in [2.24, 2.45) is 0 Å². The summed E-state index contributed by atoms with van der Waals surface area (Å²) in [6.45, 7) is 4.71. The summed E-state index contributed by atoms with van der Waals surface area (Å²) in [7, 11) is 0. The standard InChI is InChI=1S/C23H30N4O4S/c1-3-11-23(12-4-2)20(29)27(21(30)25-23)15-19(28)26(14-16-8-7-13-31-16)22-24-17-9-5-6-10-18(17)32-22/h5-6,9-10,16H,3-4,7-8,11-15H2,1-2H3,(H,25,30). The summed E-state index contributed by atoms with van der Waals surface area (Å²) >= 11 is 1.43. The number of urea groups is 1. The number of ether oxygens (including phenoxy) is 1. The molecule has 2 fully saturated rings. The number of para-hydroxylation sites is 1. The second kappa shape index (κ2) is 9.54. The molecular formula is C23H30N4O4S. The number of anilines is 1. The Morgan fingerprint density at radius 1 is 1.28 bits per heavy atom. The molecule has 9 heteroatoms. The van der Waals surface area contributed by atoms with Crippen LogP contribution in [0.4, 0.5) is 9.93 Å². The molecule has 172 valence electrons. The molecule has 1 atom stereocenters. The highest BCUT2D eigenvalue weighted by Crippen LogP contribution is 2.31. The van der Waals surface area contributed by atoms with Crippen LogP contribution >= 0.6 is 11.3 Å². The molecule has 2 aliphatic heterocycles. The van der Waals surface area contributed by atoms with Crippen LogP contribution in [-0.4, -0.2) is 59.1 Å². The fraction of sp³-hybridized carbons (Fsp3) is 0.565. The average Bonchev–Trinajstić information content (AvgIpc) is 3.48. The molecule has 1 aromatic carbocycles. The molecule has 0 spiro atoms. The zero-order chi connectivity index (χ0) is 22.7. The van der Waals surface area contributed by atoms with E-state index >= 15 is 0 Å². The molecule has 4 rings (SSSR count). The molecule has 0 bridgehead atoms. The molecule has 1 aromatic heterocycles. The van der Waals surface area contributed by atoms with E-state index in [-0.39, 0.29) is 24.5 Å². The Balaban J connectivity index is 1.58. The Hall–Kier alpha value is -2.52. The monoisotopic (exact) mass is 458 g/mol. The van der Waals surface area contributed by atoms with Crippen molar-refractivity contribution in [2.75, 3.05) is 24.6 Å². The normalized spacial score (nSPS) is 20.2. The van der Waals surface area contributed by atoms with Crippen LogP contribution in [0.2, 0.25) is 0 Å². The van der Waals surface area contributed by atoms with E-state index < -0.39 is 11.6 Å². The fourth-order valence-electron chi connectivity index (χ4n) is 4.61. The number of amides is 4. The van der Waals surface area contributed by atoms with Crippen LogP contribution < -0.4 is 10.2 Å². The summed E-state index contributed by atoms with van der Waals surface area (Å²) in [4.78, 5) is 46.7. The van der Waals surface area contributed by atoms with Crippen molar-refractivity contribution in [3.05, 3.63) is 24.3 Å². The highest BCUT2D eigenvalue weighted by atomic mass is 32.1. The van der Waals surface area contributed by atoms with Crippen molar-refractivity contribution in [3.8, 4) is 0 Å². The van der Waals surface area contributed by atoms with E-state index in [4.69, 9.17) is 4.74 Å². The van der Waals surface area contributed by atoms with Crippen molar-refractivity contribution < 1.29 is 19.1 Å². The zero-order valence-electron chi connectivity index (χ0n) is 18.6. The summed E-state index contributed by atoms with van der Waals surface area (Å²) < 4.78 is 6.74. The quantitative estimate of drug-likeness (QED) is 0.579. The first kappa shape index (κ1) is 22.7. The Bertz CT molecular complexity index is 962. The van der Waals surface area contributed by atoms with Crippen LogP contribution in [0.1, 0.15) is 52.4 Å². The molecule has 2 aromatic rings. The van der Waals surface area contributed by atoms with E-state index in [1.165, 1.54) is 11.3 Å². The number of rotatable bonds is 9. The van der Waals surface area contributed by atoms with E-state index in [0.29, 0.717) is 31.1 Å². The highest BCUT2D eigenvalue weighted by Gasteiger charge is 2.50. The molecule has 4 amide bonds. The molecule has 0 saturated carbocycles. The molecular weight excluding hydrogens is 428 g/mol. The third-order valence-electron chi connectivity index (χ3n) is 6.12. The van der Waals surface area contributed by atoms with Gasteiger partial charge < -0.3 is 10.1 Å². The van der Waals surface area contributed by atoms with E-state index in [2.05, 4.69) is 10.3 Å². The lowest BCUT2D eigenvalue weighted by molar-refractivity contribution is -0.134. The van der Waals surface area contributed by atoms with Crippen LogP contribution in [0.25, 0.3) is 10.2 Å². The molecule has 2 aliphatic rings. The van der Waals surface area contributed by atoms with Gasteiger partial charge in [-0.25, -0.2) is 9.78 Å². The lowest BCUT2D eigenvalue weighted by Gasteiger charge is -2.27. The largest absolute Gasteiger partial charge is 0.376 e. The van der Waals surface area contributed by atoms with Gasteiger partial charge in [0, 0.05) is 6.61 Å². The Morgan fingerprint density at radius 2 is 2.03 bits per heavy atom. The highest BCUT2D eigenvalue weighted by molar-refractivity contribution is 7.22. The van der Waals surface area contributed by atoms with E-state index in [1.807, 2.05) is 38.1 Å². The number of hydrogen-bond acceptors (Lipinski definition) is 6. The number of fused-ring (bicyclic) bond motifs is 1. The van der Waals surface area contributed by atoms with Gasteiger partial charge >= 0.3 is 6.03 Å². The molecule has 0 radical (unpaired) electrons. The van der Waals surface area contributed by atoms with Crippen LogP contribution in [0.3, 0.4) is 0 Å². The molecule has 8 nitrogen and oxygen atoms in total. The molecule has 1 unspecified atom stereocenters. The first-order valence-corrected chi connectivity index (χ1v) is 12.2. The van der Waals surface area contributed by atoms with Gasteiger partial charge in [0.15, 0.2) is 5.13 Å². The van der Waals surface area contributed by atoms with Crippen LogP contribution in [0.15, 0.2) is 24.3 Å². The minimum absolute atomic E-state index is 0.0756. The van der Waals surface area contributed by atoms with Crippen molar-refractivity contribution >= 4 is 44.5 Å². The smallest absolute Gasteiger partial charge is 0.325 e. The Kier molecular flexibility index (Phi) is 6.76. The number of carbonyl (C=O) groups excluding carboxylic acids is 3. The number of hydrogen-bond donors (Lipinski definition) is 1.